The van der Waals surface area contributed by atoms with E-state index < -0.39 is 18.0 Å². The Morgan fingerprint density at radius 1 is 1.31 bits per heavy atom. The molecular formula is C7H15NO5. The average molecular weight is 193 g/mol. The van der Waals surface area contributed by atoms with Crippen molar-refractivity contribution in [3.8, 4) is 0 Å². The molecule has 0 saturated heterocycles. The van der Waals surface area contributed by atoms with E-state index in [9.17, 15) is 9.59 Å². The van der Waals surface area contributed by atoms with Gasteiger partial charge in [0.05, 0.1) is 19.1 Å². The van der Waals surface area contributed by atoms with Crippen molar-refractivity contribution in [2.24, 2.45) is 0 Å². The van der Waals surface area contributed by atoms with E-state index in [1.807, 2.05) is 0 Å². The molecule has 0 aliphatic rings. The van der Waals surface area contributed by atoms with E-state index in [2.05, 4.69) is 5.32 Å². The normalized spacial score (nSPS) is 11.0. The summed E-state index contributed by atoms with van der Waals surface area (Å²) >= 11 is 0. The van der Waals surface area contributed by atoms with Gasteiger partial charge in [-0.2, -0.15) is 0 Å². The Hall–Kier alpha value is -1.14. The van der Waals surface area contributed by atoms with Crippen LogP contribution < -0.4 is 5.32 Å². The van der Waals surface area contributed by atoms with Crippen molar-refractivity contribution in [1.29, 1.82) is 0 Å². The lowest BCUT2D eigenvalue weighted by Gasteiger charge is -1.94. The molecule has 0 heterocycles. The molecule has 13 heavy (non-hydrogen) atoms. The molecule has 0 aliphatic carbocycles. The third kappa shape index (κ3) is 24.8. The summed E-state index contributed by atoms with van der Waals surface area (Å²) in [4.78, 5) is 19.2. The zero-order chi connectivity index (χ0) is 10.9. The van der Waals surface area contributed by atoms with Gasteiger partial charge in [0, 0.05) is 0 Å². The van der Waals surface area contributed by atoms with Crippen LogP contribution in [0.15, 0.2) is 0 Å². The Morgan fingerprint density at radius 3 is 1.77 bits per heavy atom. The lowest BCUT2D eigenvalue weighted by molar-refractivity contribution is -0.139. The van der Waals surface area contributed by atoms with Crippen molar-refractivity contribution in [1.82, 2.24) is 5.32 Å². The average Bonchev–Trinajstić information content (AvgIpc) is 1.83. The van der Waals surface area contributed by atoms with Crippen LogP contribution in [0, 0.1) is 0 Å². The Bertz CT molecular complexity index is 157. The van der Waals surface area contributed by atoms with Gasteiger partial charge in [-0.15, -0.1) is 0 Å². The first-order chi connectivity index (χ1) is 5.90. The van der Waals surface area contributed by atoms with Crippen molar-refractivity contribution in [3.05, 3.63) is 0 Å². The van der Waals surface area contributed by atoms with Gasteiger partial charge in [-0.05, 0) is 14.0 Å². The van der Waals surface area contributed by atoms with E-state index in [1.54, 1.807) is 7.05 Å². The number of hydrogen-bond acceptors (Lipinski definition) is 4. The van der Waals surface area contributed by atoms with Crippen molar-refractivity contribution < 1.29 is 24.9 Å². The van der Waals surface area contributed by atoms with E-state index in [1.165, 1.54) is 6.92 Å². The van der Waals surface area contributed by atoms with Gasteiger partial charge in [0.15, 0.2) is 0 Å². The molecule has 6 heteroatoms. The molecule has 0 amide bonds. The Morgan fingerprint density at radius 2 is 1.77 bits per heavy atom. The number of rotatable bonds is 4. The molecule has 0 aromatic heterocycles. The summed E-state index contributed by atoms with van der Waals surface area (Å²) in [5, 5.41) is 26.6. The molecule has 1 unspecified atom stereocenters. The predicted molar refractivity (Wildman–Crippen MR) is 45.5 cm³/mol. The van der Waals surface area contributed by atoms with E-state index in [0.29, 0.717) is 0 Å². The van der Waals surface area contributed by atoms with Crippen LogP contribution in [-0.4, -0.2) is 47.0 Å². The van der Waals surface area contributed by atoms with Crippen molar-refractivity contribution in [3.63, 3.8) is 0 Å². The van der Waals surface area contributed by atoms with Crippen molar-refractivity contribution in [2.75, 3.05) is 13.6 Å². The monoisotopic (exact) mass is 193 g/mol. The minimum absolute atomic E-state index is 0.0417. The number of aliphatic carboxylic acids is 2. The van der Waals surface area contributed by atoms with Gasteiger partial charge in [-0.25, -0.2) is 0 Å². The number of hydrogen-bond donors (Lipinski definition) is 4. The van der Waals surface area contributed by atoms with Gasteiger partial charge in [-0.3, -0.25) is 9.59 Å². The van der Waals surface area contributed by atoms with Gasteiger partial charge in [0.25, 0.3) is 0 Å². The summed E-state index contributed by atoms with van der Waals surface area (Å²) in [5.74, 6) is -1.78. The summed E-state index contributed by atoms with van der Waals surface area (Å²) in [6.45, 7) is 1.48. The van der Waals surface area contributed by atoms with Crippen LogP contribution >= 0.6 is 0 Å². The summed E-state index contributed by atoms with van der Waals surface area (Å²) < 4.78 is 0. The molecule has 0 aliphatic heterocycles. The summed E-state index contributed by atoms with van der Waals surface area (Å²) in [5.41, 5.74) is 0. The maximum atomic E-state index is 9.65. The largest absolute Gasteiger partial charge is 0.481 e. The van der Waals surface area contributed by atoms with Crippen LogP contribution in [-0.2, 0) is 9.59 Å². The number of nitrogens with one attached hydrogen (secondary N) is 1. The van der Waals surface area contributed by atoms with E-state index >= 15 is 0 Å². The number of aliphatic hydroxyl groups is 1. The van der Waals surface area contributed by atoms with Crippen LogP contribution in [0.1, 0.15) is 13.3 Å². The highest BCUT2D eigenvalue weighted by Crippen LogP contribution is 1.85. The maximum Gasteiger partial charge on any atom is 0.317 e. The highest BCUT2D eigenvalue weighted by Gasteiger charge is 2.00. The van der Waals surface area contributed by atoms with Gasteiger partial charge >= 0.3 is 11.9 Å². The standard InChI is InChI=1S/C4H8O3.C3H7NO2/c1-3(5)2-4(6)7;1-4-2-3(5)6/h3,5H,2H2,1H3,(H,6,7);4H,2H2,1H3,(H,5,6). The minimum Gasteiger partial charge on any atom is -0.481 e. The molecule has 0 spiro atoms. The molecule has 0 radical (unpaired) electrons. The highest BCUT2D eigenvalue weighted by atomic mass is 16.4. The fourth-order valence-corrected chi connectivity index (χ4v) is 0.404. The van der Waals surface area contributed by atoms with Crippen LogP contribution in [0.5, 0.6) is 0 Å². The first kappa shape index (κ1) is 14.4. The lowest BCUT2D eigenvalue weighted by Crippen LogP contribution is -2.16. The number of carboxylic acids is 2. The number of aliphatic hydroxyl groups excluding tert-OH is 1. The Labute approximate surface area is 76.2 Å². The summed E-state index contributed by atoms with van der Waals surface area (Å²) in [6, 6.07) is 0. The van der Waals surface area contributed by atoms with Crippen LogP contribution in [0.25, 0.3) is 0 Å². The van der Waals surface area contributed by atoms with Gasteiger partial charge < -0.3 is 20.6 Å². The fraction of sp³-hybridized carbons (Fsp3) is 0.714. The summed E-state index contributed by atoms with van der Waals surface area (Å²) in [6.07, 6.45) is -0.891. The third-order valence-electron chi connectivity index (χ3n) is 0.798. The van der Waals surface area contributed by atoms with Gasteiger partial charge in [0.2, 0.25) is 0 Å². The van der Waals surface area contributed by atoms with Crippen LogP contribution in [0.4, 0.5) is 0 Å². The van der Waals surface area contributed by atoms with Crippen molar-refractivity contribution >= 4 is 11.9 Å². The molecule has 1 atom stereocenters. The molecule has 78 valence electrons. The van der Waals surface area contributed by atoms with E-state index in [4.69, 9.17) is 15.3 Å². The quantitative estimate of drug-likeness (QED) is 0.462. The predicted octanol–water partition coefficient (Wildman–Crippen LogP) is -0.868. The number of carboxylic acid groups (broad SMARTS) is 2. The smallest absolute Gasteiger partial charge is 0.317 e. The van der Waals surface area contributed by atoms with E-state index in [0.717, 1.165) is 0 Å². The fourth-order valence-electron chi connectivity index (χ4n) is 0.404. The second-order valence-electron chi connectivity index (χ2n) is 2.37. The number of likely N-dealkylation sites (N-methyl/N-ethyl adjacent to an activating group) is 1. The lowest BCUT2D eigenvalue weighted by atomic mass is 10.3. The molecule has 6 nitrogen and oxygen atoms in total. The zero-order valence-electron chi connectivity index (χ0n) is 7.65. The number of carbonyl (C=O) groups is 2. The molecular weight excluding hydrogens is 178 g/mol. The SMILES string of the molecule is CC(O)CC(=O)O.CNCC(=O)O. The third-order valence-corrected chi connectivity index (χ3v) is 0.798. The Kier molecular flexibility index (Phi) is 9.91. The van der Waals surface area contributed by atoms with Crippen LogP contribution in [0.2, 0.25) is 0 Å². The van der Waals surface area contributed by atoms with E-state index in [-0.39, 0.29) is 13.0 Å². The van der Waals surface area contributed by atoms with Gasteiger partial charge in [-0.1, -0.05) is 0 Å². The molecule has 0 saturated carbocycles. The first-order valence-electron chi connectivity index (χ1n) is 3.66. The Balaban J connectivity index is 0. The van der Waals surface area contributed by atoms with Gasteiger partial charge in [0.1, 0.15) is 0 Å². The molecule has 0 aromatic rings. The second-order valence-corrected chi connectivity index (χ2v) is 2.37. The minimum atomic E-state index is -0.963. The summed E-state index contributed by atoms with van der Waals surface area (Å²) in [7, 11) is 1.59. The first-order valence-corrected chi connectivity index (χ1v) is 3.66. The molecule has 0 bridgehead atoms. The molecule has 0 rings (SSSR count). The zero-order valence-corrected chi connectivity index (χ0v) is 7.65. The van der Waals surface area contributed by atoms with Crippen molar-refractivity contribution in [2.45, 2.75) is 19.4 Å². The maximum absolute atomic E-state index is 9.65. The highest BCUT2D eigenvalue weighted by molar-refractivity contribution is 5.68. The molecule has 4 N–H and O–H groups in total. The second kappa shape index (κ2) is 8.95. The molecule has 0 aromatic carbocycles. The molecule has 0 fully saturated rings. The topological polar surface area (TPSA) is 107 Å². The van der Waals surface area contributed by atoms with Crippen LogP contribution in [0.3, 0.4) is 0 Å².